The highest BCUT2D eigenvalue weighted by molar-refractivity contribution is 7.88. The molecular weight excluding hydrogens is 274 g/mol. The molecule has 0 aliphatic heterocycles. The van der Waals surface area contributed by atoms with Gasteiger partial charge in [-0.1, -0.05) is 24.3 Å². The molecule has 5 nitrogen and oxygen atoms in total. The monoisotopic (exact) mass is 299 g/mol. The van der Waals surface area contributed by atoms with Gasteiger partial charge in [0, 0.05) is 18.6 Å². The van der Waals surface area contributed by atoms with Crippen molar-refractivity contribution in [3.8, 4) is 0 Å². The number of hydrogen-bond acceptors (Lipinski definition) is 4. The number of rotatable bonds is 7. The van der Waals surface area contributed by atoms with Crippen LogP contribution in [-0.2, 0) is 22.3 Å². The Kier molecular flexibility index (Phi) is 5.70. The quantitative estimate of drug-likeness (QED) is 0.784. The van der Waals surface area contributed by atoms with Crippen LogP contribution in [0.5, 0.6) is 0 Å². The van der Waals surface area contributed by atoms with E-state index < -0.39 is 10.0 Å². The van der Waals surface area contributed by atoms with Crippen molar-refractivity contribution >= 4 is 10.0 Å². The van der Waals surface area contributed by atoms with E-state index in [-0.39, 0.29) is 11.3 Å². The number of sulfonamides is 1. The Hall–Kier alpha value is -0.950. The maximum absolute atomic E-state index is 12.1. The summed E-state index contributed by atoms with van der Waals surface area (Å²) in [5.74, 6) is -0.0235. The minimum Gasteiger partial charge on any atom is -0.326 e. The molecule has 0 atom stereocenters. The molecule has 114 valence electrons. The first-order chi connectivity index (χ1) is 9.16. The van der Waals surface area contributed by atoms with Gasteiger partial charge in [-0.2, -0.15) is 0 Å². The molecule has 0 radical (unpaired) electrons. The Morgan fingerprint density at radius 2 is 1.85 bits per heavy atom. The van der Waals surface area contributed by atoms with Gasteiger partial charge in [0.25, 0.3) is 0 Å². The van der Waals surface area contributed by atoms with E-state index in [4.69, 9.17) is 5.73 Å². The highest BCUT2D eigenvalue weighted by atomic mass is 32.2. The van der Waals surface area contributed by atoms with E-state index in [0.717, 1.165) is 11.1 Å². The SMILES string of the molecule is CN(C)C(C)(C)CNS(=O)(=O)Cc1cccc(CN)c1. The molecule has 0 aromatic heterocycles. The molecule has 0 saturated carbocycles. The lowest BCUT2D eigenvalue weighted by Gasteiger charge is -2.32. The third-order valence-electron chi connectivity index (χ3n) is 3.52. The van der Waals surface area contributed by atoms with Crippen molar-refractivity contribution in [1.29, 1.82) is 0 Å². The zero-order valence-corrected chi connectivity index (χ0v) is 13.5. The second-order valence-electron chi connectivity index (χ2n) is 5.81. The predicted molar refractivity (Wildman–Crippen MR) is 82.7 cm³/mol. The molecule has 1 aromatic rings. The van der Waals surface area contributed by atoms with Crippen molar-refractivity contribution in [3.63, 3.8) is 0 Å². The van der Waals surface area contributed by atoms with Crippen molar-refractivity contribution in [2.75, 3.05) is 20.6 Å². The zero-order chi connectivity index (χ0) is 15.4. The second-order valence-corrected chi connectivity index (χ2v) is 7.62. The van der Waals surface area contributed by atoms with Crippen molar-refractivity contribution in [2.24, 2.45) is 5.73 Å². The molecule has 0 aliphatic carbocycles. The molecule has 0 bridgehead atoms. The summed E-state index contributed by atoms with van der Waals surface area (Å²) in [6.45, 7) is 4.77. The third kappa shape index (κ3) is 5.20. The molecule has 0 spiro atoms. The Balaban J connectivity index is 2.70. The van der Waals surface area contributed by atoms with Crippen LogP contribution in [-0.4, -0.2) is 39.5 Å². The lowest BCUT2D eigenvalue weighted by Crippen LogP contribution is -2.48. The van der Waals surface area contributed by atoms with Crippen LogP contribution >= 0.6 is 0 Å². The molecule has 1 aromatic carbocycles. The molecule has 0 heterocycles. The van der Waals surface area contributed by atoms with Crippen LogP contribution in [0.2, 0.25) is 0 Å². The molecule has 0 saturated heterocycles. The average molecular weight is 299 g/mol. The number of hydrogen-bond donors (Lipinski definition) is 2. The number of nitrogens with zero attached hydrogens (tertiary/aromatic N) is 1. The number of nitrogens with one attached hydrogen (secondary N) is 1. The van der Waals surface area contributed by atoms with E-state index in [1.807, 2.05) is 51.0 Å². The van der Waals surface area contributed by atoms with Gasteiger partial charge in [0.1, 0.15) is 0 Å². The molecule has 0 aliphatic rings. The molecule has 0 amide bonds. The standard InChI is InChI=1S/C14H25N3O2S/c1-14(2,17(3)4)11-16-20(18,19)10-13-7-5-6-12(8-13)9-15/h5-8,16H,9-11,15H2,1-4H3. The largest absolute Gasteiger partial charge is 0.326 e. The highest BCUT2D eigenvalue weighted by Crippen LogP contribution is 2.11. The lowest BCUT2D eigenvalue weighted by molar-refractivity contribution is 0.199. The summed E-state index contributed by atoms with van der Waals surface area (Å²) in [4.78, 5) is 1.99. The van der Waals surface area contributed by atoms with Crippen molar-refractivity contribution in [2.45, 2.75) is 31.7 Å². The number of benzene rings is 1. The summed E-state index contributed by atoms with van der Waals surface area (Å²) in [5.41, 5.74) is 7.02. The maximum Gasteiger partial charge on any atom is 0.215 e. The summed E-state index contributed by atoms with van der Waals surface area (Å²) >= 11 is 0. The lowest BCUT2D eigenvalue weighted by atomic mass is 10.1. The van der Waals surface area contributed by atoms with Gasteiger partial charge in [0.2, 0.25) is 10.0 Å². The Morgan fingerprint density at radius 1 is 1.25 bits per heavy atom. The number of nitrogens with two attached hydrogens (primary N) is 1. The van der Waals surface area contributed by atoms with Gasteiger partial charge in [-0.3, -0.25) is 0 Å². The van der Waals surface area contributed by atoms with E-state index in [9.17, 15) is 8.42 Å². The predicted octanol–water partition coefficient (Wildman–Crippen LogP) is 0.905. The van der Waals surface area contributed by atoms with E-state index in [1.165, 1.54) is 0 Å². The van der Waals surface area contributed by atoms with E-state index in [0.29, 0.717) is 13.1 Å². The summed E-state index contributed by atoms with van der Waals surface area (Å²) < 4.78 is 26.9. The fraction of sp³-hybridized carbons (Fsp3) is 0.571. The van der Waals surface area contributed by atoms with Crippen molar-refractivity contribution in [1.82, 2.24) is 9.62 Å². The topological polar surface area (TPSA) is 75.4 Å². The molecule has 0 fully saturated rings. The van der Waals surface area contributed by atoms with Crippen molar-refractivity contribution < 1.29 is 8.42 Å². The minimum absolute atomic E-state index is 0.0235. The Morgan fingerprint density at radius 3 is 2.40 bits per heavy atom. The first kappa shape index (κ1) is 17.1. The third-order valence-corrected chi connectivity index (χ3v) is 4.82. The fourth-order valence-electron chi connectivity index (χ4n) is 1.56. The van der Waals surface area contributed by atoms with E-state index >= 15 is 0 Å². The first-order valence-electron chi connectivity index (χ1n) is 6.59. The van der Waals surface area contributed by atoms with Crippen LogP contribution in [0.4, 0.5) is 0 Å². The molecule has 3 N–H and O–H groups in total. The number of likely N-dealkylation sites (N-methyl/N-ethyl adjacent to an activating group) is 1. The first-order valence-corrected chi connectivity index (χ1v) is 8.24. The molecule has 20 heavy (non-hydrogen) atoms. The smallest absolute Gasteiger partial charge is 0.215 e. The van der Waals surface area contributed by atoms with Crippen LogP contribution in [0.3, 0.4) is 0 Å². The van der Waals surface area contributed by atoms with Crippen LogP contribution in [0.15, 0.2) is 24.3 Å². The maximum atomic E-state index is 12.1. The van der Waals surface area contributed by atoms with Gasteiger partial charge in [-0.25, -0.2) is 13.1 Å². The van der Waals surface area contributed by atoms with Gasteiger partial charge in [0.15, 0.2) is 0 Å². The van der Waals surface area contributed by atoms with Gasteiger partial charge in [-0.05, 0) is 39.1 Å². The molecular formula is C14H25N3O2S. The summed E-state index contributed by atoms with van der Waals surface area (Å²) in [6.07, 6.45) is 0. The average Bonchev–Trinajstić information content (AvgIpc) is 2.36. The van der Waals surface area contributed by atoms with E-state index in [1.54, 1.807) is 6.07 Å². The van der Waals surface area contributed by atoms with Gasteiger partial charge < -0.3 is 10.6 Å². The second kappa shape index (κ2) is 6.67. The summed E-state index contributed by atoms with van der Waals surface area (Å²) in [7, 11) is 0.515. The van der Waals surface area contributed by atoms with Crippen LogP contribution in [0.1, 0.15) is 25.0 Å². The normalized spacial score (nSPS) is 12.9. The minimum atomic E-state index is -3.34. The van der Waals surface area contributed by atoms with Crippen molar-refractivity contribution in [3.05, 3.63) is 35.4 Å². The van der Waals surface area contributed by atoms with E-state index in [2.05, 4.69) is 4.72 Å². The molecule has 6 heteroatoms. The fourth-order valence-corrected chi connectivity index (χ4v) is 2.86. The van der Waals surface area contributed by atoms with Gasteiger partial charge >= 0.3 is 0 Å². The highest BCUT2D eigenvalue weighted by Gasteiger charge is 2.23. The zero-order valence-electron chi connectivity index (χ0n) is 12.7. The summed E-state index contributed by atoms with van der Waals surface area (Å²) in [5, 5.41) is 0. The van der Waals surface area contributed by atoms with Crippen LogP contribution in [0.25, 0.3) is 0 Å². The Labute approximate surface area is 122 Å². The molecule has 0 unspecified atom stereocenters. The Bertz CT molecular complexity index is 539. The summed E-state index contributed by atoms with van der Waals surface area (Å²) in [6, 6.07) is 7.35. The van der Waals surface area contributed by atoms with Crippen LogP contribution < -0.4 is 10.5 Å². The molecule has 1 rings (SSSR count). The van der Waals surface area contributed by atoms with Crippen LogP contribution in [0, 0.1) is 0 Å². The van der Waals surface area contributed by atoms with Gasteiger partial charge in [-0.15, -0.1) is 0 Å². The van der Waals surface area contributed by atoms with Gasteiger partial charge in [0.05, 0.1) is 5.75 Å².